The number of unbranched alkanes of at least 4 members (excludes halogenated alkanes) is 10. The number of carbonyl (C=O) groups is 1. The summed E-state index contributed by atoms with van der Waals surface area (Å²) in [6.07, 6.45) is 75.3. The Balaban J connectivity index is 4.21. The van der Waals surface area contributed by atoms with Gasteiger partial charge in [-0.3, -0.25) is 13.8 Å². The first-order chi connectivity index (χ1) is 33.0. The molecule has 0 aliphatic carbocycles. The number of quaternary nitrogens is 1. The number of aliphatic hydroxyl groups is 1. The van der Waals surface area contributed by atoms with Crippen molar-refractivity contribution >= 4 is 13.7 Å². The molecule has 0 aliphatic heterocycles. The average Bonchev–Trinajstić information content (AvgIpc) is 3.30. The average molecular weight is 962 g/mol. The van der Waals surface area contributed by atoms with Crippen LogP contribution in [0.2, 0.25) is 0 Å². The van der Waals surface area contributed by atoms with E-state index in [1.807, 2.05) is 27.2 Å². The molecule has 0 saturated heterocycles. The number of nitrogens with one attached hydrogen (secondary N) is 1. The first kappa shape index (κ1) is 64.4. The van der Waals surface area contributed by atoms with Crippen molar-refractivity contribution < 1.29 is 32.9 Å². The van der Waals surface area contributed by atoms with Crippen molar-refractivity contribution in [2.45, 2.75) is 180 Å². The third-order valence-corrected chi connectivity index (χ3v) is 11.5. The van der Waals surface area contributed by atoms with E-state index in [1.54, 1.807) is 6.08 Å². The van der Waals surface area contributed by atoms with Gasteiger partial charge in [-0.1, -0.05) is 205 Å². The summed E-state index contributed by atoms with van der Waals surface area (Å²) in [5.41, 5.74) is 0. The largest absolute Gasteiger partial charge is 0.472 e. The summed E-state index contributed by atoms with van der Waals surface area (Å²) in [6.45, 7) is 4.60. The summed E-state index contributed by atoms with van der Waals surface area (Å²) in [5.74, 6) is -0.219. The first-order valence-electron chi connectivity index (χ1n) is 26.2. The Morgan fingerprint density at radius 3 is 1.29 bits per heavy atom. The Hall–Kier alpha value is -3.62. The number of aliphatic hydroxyl groups excluding tert-OH is 1. The van der Waals surface area contributed by atoms with Gasteiger partial charge in [0.1, 0.15) is 13.2 Å². The number of nitrogens with zero attached hydrogens (tertiary/aromatic N) is 1. The second kappa shape index (κ2) is 48.4. The van der Waals surface area contributed by atoms with Crippen LogP contribution in [-0.4, -0.2) is 73.4 Å². The SMILES string of the molecule is CC/C=C\C/C=C\C/C=C\C/C=C\C/C=C\C/C=C\C/C=C\C/C=C\C/C=C\C/C=C\C/C=C\CCCCCC(=O)NC(COP(=O)(O)OCC[N+](C)(C)C)C(O)/C=C/CCCCCCCCC. The molecular formula is C59H98N2O6P+. The van der Waals surface area contributed by atoms with E-state index < -0.39 is 20.0 Å². The van der Waals surface area contributed by atoms with Crippen molar-refractivity contribution in [3.8, 4) is 0 Å². The second-order valence-electron chi connectivity index (χ2n) is 18.2. The van der Waals surface area contributed by atoms with Crippen LogP contribution < -0.4 is 5.32 Å². The van der Waals surface area contributed by atoms with Gasteiger partial charge in [0, 0.05) is 6.42 Å². The lowest BCUT2D eigenvalue weighted by molar-refractivity contribution is -0.870. The summed E-state index contributed by atoms with van der Waals surface area (Å²) in [5, 5.41) is 13.8. The first-order valence-corrected chi connectivity index (χ1v) is 27.7. The van der Waals surface area contributed by atoms with Gasteiger partial charge >= 0.3 is 7.82 Å². The summed E-state index contributed by atoms with van der Waals surface area (Å²) in [7, 11) is 1.52. The smallest absolute Gasteiger partial charge is 0.387 e. The summed E-state index contributed by atoms with van der Waals surface area (Å²) < 4.78 is 23.5. The molecule has 3 atom stereocenters. The normalized spacial score (nSPS) is 15.2. The molecule has 0 spiro atoms. The number of amides is 1. The van der Waals surface area contributed by atoms with Crippen molar-refractivity contribution in [2.75, 3.05) is 40.9 Å². The highest BCUT2D eigenvalue weighted by Crippen LogP contribution is 2.43. The number of hydrogen-bond donors (Lipinski definition) is 3. The number of allylic oxidation sites excluding steroid dienone is 23. The quantitative estimate of drug-likeness (QED) is 0.0243. The number of likely N-dealkylation sites (N-methyl/N-ethyl adjacent to an activating group) is 1. The molecule has 0 aromatic carbocycles. The van der Waals surface area contributed by atoms with E-state index in [0.717, 1.165) is 109 Å². The molecule has 0 bridgehead atoms. The van der Waals surface area contributed by atoms with Crippen LogP contribution in [0, 0.1) is 0 Å². The lowest BCUT2D eigenvalue weighted by atomic mass is 10.1. The fourth-order valence-electron chi connectivity index (χ4n) is 6.45. The number of phosphoric ester groups is 1. The van der Waals surface area contributed by atoms with Gasteiger partial charge in [0.2, 0.25) is 5.91 Å². The van der Waals surface area contributed by atoms with E-state index >= 15 is 0 Å². The van der Waals surface area contributed by atoms with Gasteiger partial charge in [-0.15, -0.1) is 0 Å². The zero-order chi connectivity index (χ0) is 49.9. The molecule has 68 heavy (non-hydrogen) atoms. The van der Waals surface area contributed by atoms with E-state index in [1.165, 1.54) is 32.1 Å². The minimum absolute atomic E-state index is 0.0461. The minimum atomic E-state index is -4.35. The molecule has 0 aromatic rings. The molecule has 384 valence electrons. The fraction of sp³-hybridized carbons (Fsp3) is 0.576. The Morgan fingerprint density at radius 2 is 0.882 bits per heavy atom. The van der Waals surface area contributed by atoms with Gasteiger partial charge in [0.15, 0.2) is 0 Å². The molecule has 8 nitrogen and oxygen atoms in total. The van der Waals surface area contributed by atoms with Crippen molar-refractivity contribution in [1.29, 1.82) is 0 Å². The molecule has 0 aromatic heterocycles. The Bertz CT molecular complexity index is 1610. The second-order valence-corrected chi connectivity index (χ2v) is 19.6. The lowest BCUT2D eigenvalue weighted by Gasteiger charge is -2.25. The van der Waals surface area contributed by atoms with Crippen molar-refractivity contribution in [3.63, 3.8) is 0 Å². The molecule has 0 fully saturated rings. The summed E-state index contributed by atoms with van der Waals surface area (Å²) in [6, 6.07) is -0.873. The van der Waals surface area contributed by atoms with E-state index in [2.05, 4.69) is 153 Å². The van der Waals surface area contributed by atoms with Crippen LogP contribution in [0.1, 0.15) is 168 Å². The number of phosphoric acid groups is 1. The standard InChI is InChI=1S/C59H97N2O6P/c1-6-8-10-12-14-16-17-18-19-20-21-22-23-24-25-26-27-28-29-30-31-32-33-34-35-36-37-38-39-40-41-42-43-45-47-49-51-53-59(63)60-57(56-67-68(64,65)66-55-54-61(3,4)5)58(62)52-50-48-46-44-15-13-11-9-7-2/h8,10,14,16,18-19,21-22,24-25,27-28,30-31,33-34,36-37,39-40,42-43,50,52,57-58,62H,6-7,9,11-13,15,17,20,23,26,29,32,35,38,41,44-49,51,53-56H2,1-5H3,(H-,60,63,64,65)/p+1/b10-8-,16-14-,19-18-,22-21-,25-24-,28-27-,31-30-,34-33-,37-36-,40-39-,43-42-,52-50+. The highest BCUT2D eigenvalue weighted by Gasteiger charge is 2.27. The third kappa shape index (κ3) is 50.3. The van der Waals surface area contributed by atoms with Crippen LogP contribution in [-0.2, 0) is 18.4 Å². The molecule has 3 unspecified atom stereocenters. The van der Waals surface area contributed by atoms with Crippen molar-refractivity contribution in [3.05, 3.63) is 146 Å². The number of hydrogen-bond acceptors (Lipinski definition) is 5. The minimum Gasteiger partial charge on any atom is -0.387 e. The zero-order valence-electron chi connectivity index (χ0n) is 43.5. The van der Waals surface area contributed by atoms with Gasteiger partial charge in [-0.25, -0.2) is 4.57 Å². The summed E-state index contributed by atoms with van der Waals surface area (Å²) in [4.78, 5) is 23.1. The monoisotopic (exact) mass is 962 g/mol. The maximum absolute atomic E-state index is 12.9. The van der Waals surface area contributed by atoms with Gasteiger partial charge < -0.3 is 19.8 Å². The maximum atomic E-state index is 12.9. The van der Waals surface area contributed by atoms with Crippen molar-refractivity contribution in [2.24, 2.45) is 0 Å². The van der Waals surface area contributed by atoms with Crippen LogP contribution in [0.3, 0.4) is 0 Å². The number of carbonyl (C=O) groups excluding carboxylic acids is 1. The predicted octanol–water partition coefficient (Wildman–Crippen LogP) is 15.7. The molecule has 0 radical (unpaired) electrons. The molecule has 3 N–H and O–H groups in total. The molecular weight excluding hydrogens is 864 g/mol. The highest BCUT2D eigenvalue weighted by molar-refractivity contribution is 7.47. The Kier molecular flexibility index (Phi) is 45.8. The van der Waals surface area contributed by atoms with Crippen molar-refractivity contribution in [1.82, 2.24) is 5.32 Å². The van der Waals surface area contributed by atoms with E-state index in [-0.39, 0.29) is 19.1 Å². The molecule has 9 heteroatoms. The van der Waals surface area contributed by atoms with Crippen LogP contribution >= 0.6 is 7.82 Å². The van der Waals surface area contributed by atoms with Gasteiger partial charge in [0.05, 0.1) is 39.9 Å². The molecule has 0 rings (SSSR count). The van der Waals surface area contributed by atoms with Gasteiger partial charge in [0.25, 0.3) is 0 Å². The van der Waals surface area contributed by atoms with Crippen LogP contribution in [0.15, 0.2) is 146 Å². The predicted molar refractivity (Wildman–Crippen MR) is 294 cm³/mol. The molecule has 0 heterocycles. The lowest BCUT2D eigenvalue weighted by Crippen LogP contribution is -2.45. The van der Waals surface area contributed by atoms with Gasteiger partial charge in [-0.2, -0.15) is 0 Å². The number of rotatable bonds is 45. The Morgan fingerprint density at radius 1 is 0.515 bits per heavy atom. The van der Waals surface area contributed by atoms with Crippen LogP contribution in [0.4, 0.5) is 0 Å². The molecule has 1 amide bonds. The summed E-state index contributed by atoms with van der Waals surface area (Å²) >= 11 is 0. The molecule has 0 saturated carbocycles. The van der Waals surface area contributed by atoms with Gasteiger partial charge in [-0.05, 0) is 103 Å². The zero-order valence-corrected chi connectivity index (χ0v) is 44.4. The molecule has 0 aliphatic rings. The third-order valence-electron chi connectivity index (χ3n) is 10.6. The Labute approximate surface area is 417 Å². The van der Waals surface area contributed by atoms with E-state index in [0.29, 0.717) is 23.9 Å². The van der Waals surface area contributed by atoms with E-state index in [4.69, 9.17) is 9.05 Å². The van der Waals surface area contributed by atoms with Crippen LogP contribution in [0.25, 0.3) is 0 Å². The highest BCUT2D eigenvalue weighted by atomic mass is 31.2. The van der Waals surface area contributed by atoms with E-state index in [9.17, 15) is 19.4 Å². The van der Waals surface area contributed by atoms with Crippen LogP contribution in [0.5, 0.6) is 0 Å². The maximum Gasteiger partial charge on any atom is 0.472 e. The topological polar surface area (TPSA) is 105 Å². The fourth-order valence-corrected chi connectivity index (χ4v) is 7.19.